The number of benzene rings is 2. The minimum Gasteiger partial charge on any atom is -0.399 e. The maximum atomic E-state index is 13.3. The summed E-state index contributed by atoms with van der Waals surface area (Å²) in [7, 11) is 0. The van der Waals surface area contributed by atoms with E-state index in [-0.39, 0.29) is 24.4 Å². The van der Waals surface area contributed by atoms with Gasteiger partial charge in [0.15, 0.2) is 23.3 Å². The monoisotopic (exact) mass is 388 g/mol. The number of nitrogen functional groups attached to an aromatic ring is 1. The topological polar surface area (TPSA) is 72.9 Å². The SMILES string of the molecule is Cc1c(N)ccc(CC(=O)Nc2ccn(Cc3cc(F)c(F)c(F)c3)n2)c1C. The van der Waals surface area contributed by atoms with Gasteiger partial charge in [-0.05, 0) is 54.3 Å². The number of nitrogens with one attached hydrogen (secondary N) is 1. The van der Waals surface area contributed by atoms with Crippen LogP contribution < -0.4 is 11.1 Å². The van der Waals surface area contributed by atoms with Gasteiger partial charge in [-0.3, -0.25) is 9.48 Å². The van der Waals surface area contributed by atoms with Crippen LogP contribution in [0.15, 0.2) is 36.5 Å². The molecule has 0 bridgehead atoms. The highest BCUT2D eigenvalue weighted by molar-refractivity contribution is 5.91. The number of nitrogens with zero attached hydrogens (tertiary/aromatic N) is 2. The minimum atomic E-state index is -1.51. The lowest BCUT2D eigenvalue weighted by atomic mass is 9.99. The normalized spacial score (nSPS) is 10.9. The first kappa shape index (κ1) is 19.5. The van der Waals surface area contributed by atoms with Gasteiger partial charge in [0.2, 0.25) is 5.91 Å². The molecule has 146 valence electrons. The second-order valence-corrected chi connectivity index (χ2v) is 6.56. The number of hydrogen-bond acceptors (Lipinski definition) is 3. The van der Waals surface area contributed by atoms with Crippen molar-refractivity contribution in [1.82, 2.24) is 9.78 Å². The number of carbonyl (C=O) groups is 1. The Morgan fingerprint density at radius 1 is 1.11 bits per heavy atom. The van der Waals surface area contributed by atoms with Gasteiger partial charge < -0.3 is 11.1 Å². The molecule has 28 heavy (non-hydrogen) atoms. The van der Waals surface area contributed by atoms with Crippen LogP contribution in [-0.4, -0.2) is 15.7 Å². The van der Waals surface area contributed by atoms with Gasteiger partial charge in [-0.1, -0.05) is 6.07 Å². The summed E-state index contributed by atoms with van der Waals surface area (Å²) < 4.78 is 41.0. The van der Waals surface area contributed by atoms with Crippen molar-refractivity contribution in [2.24, 2.45) is 0 Å². The van der Waals surface area contributed by atoms with Crippen LogP contribution in [0.4, 0.5) is 24.7 Å². The Labute approximate surface area is 160 Å². The van der Waals surface area contributed by atoms with Crippen molar-refractivity contribution in [3.05, 3.63) is 76.2 Å². The van der Waals surface area contributed by atoms with Crippen LogP contribution in [0.25, 0.3) is 0 Å². The van der Waals surface area contributed by atoms with Crippen molar-refractivity contribution in [2.45, 2.75) is 26.8 Å². The summed E-state index contributed by atoms with van der Waals surface area (Å²) in [4.78, 5) is 12.3. The fourth-order valence-electron chi connectivity index (χ4n) is 2.85. The molecule has 0 radical (unpaired) electrons. The van der Waals surface area contributed by atoms with Gasteiger partial charge in [-0.25, -0.2) is 13.2 Å². The molecule has 0 aliphatic carbocycles. The molecule has 1 heterocycles. The average Bonchev–Trinajstić information content (AvgIpc) is 3.06. The molecule has 0 atom stereocenters. The molecular formula is C20H19F3N4O. The van der Waals surface area contributed by atoms with Crippen molar-refractivity contribution in [2.75, 3.05) is 11.1 Å². The first-order chi connectivity index (χ1) is 13.2. The number of carbonyl (C=O) groups excluding carboxylic acids is 1. The van der Waals surface area contributed by atoms with E-state index < -0.39 is 17.5 Å². The Hall–Kier alpha value is -3.29. The van der Waals surface area contributed by atoms with E-state index in [0.29, 0.717) is 11.5 Å². The molecule has 3 aromatic rings. The van der Waals surface area contributed by atoms with Crippen LogP contribution in [0.2, 0.25) is 0 Å². The third kappa shape index (κ3) is 4.16. The first-order valence-electron chi connectivity index (χ1n) is 8.56. The summed E-state index contributed by atoms with van der Waals surface area (Å²) in [6.07, 6.45) is 1.71. The maximum absolute atomic E-state index is 13.3. The number of aromatic nitrogens is 2. The van der Waals surface area contributed by atoms with Crippen molar-refractivity contribution in [1.29, 1.82) is 0 Å². The van der Waals surface area contributed by atoms with Gasteiger partial charge in [0.1, 0.15) is 0 Å². The van der Waals surface area contributed by atoms with Crippen LogP contribution in [0.3, 0.4) is 0 Å². The molecule has 0 saturated carbocycles. The predicted octanol–water partition coefficient (Wildman–Crippen LogP) is 3.73. The van der Waals surface area contributed by atoms with Gasteiger partial charge in [-0.2, -0.15) is 5.10 Å². The van der Waals surface area contributed by atoms with Crippen LogP contribution >= 0.6 is 0 Å². The van der Waals surface area contributed by atoms with E-state index in [2.05, 4.69) is 10.4 Å². The molecule has 5 nitrogen and oxygen atoms in total. The molecule has 8 heteroatoms. The number of hydrogen-bond donors (Lipinski definition) is 2. The standard InChI is InChI=1S/C20H19F3N4O/c1-11-12(2)17(24)4-3-14(11)9-19(28)25-18-5-6-27(26-18)10-13-7-15(21)20(23)16(22)8-13/h3-8H,9-10,24H2,1-2H3,(H,25,26,28). The summed E-state index contributed by atoms with van der Waals surface area (Å²) in [5.74, 6) is -3.98. The molecule has 1 aromatic heterocycles. The van der Waals surface area contributed by atoms with Gasteiger partial charge in [-0.15, -0.1) is 0 Å². The van der Waals surface area contributed by atoms with Crippen molar-refractivity contribution >= 4 is 17.4 Å². The summed E-state index contributed by atoms with van der Waals surface area (Å²) in [5, 5.41) is 6.83. The Kier molecular flexibility index (Phi) is 5.39. The number of halogens is 3. The van der Waals surface area contributed by atoms with Gasteiger partial charge in [0.05, 0.1) is 13.0 Å². The quantitative estimate of drug-likeness (QED) is 0.517. The van der Waals surface area contributed by atoms with E-state index in [1.165, 1.54) is 4.68 Å². The lowest BCUT2D eigenvalue weighted by molar-refractivity contribution is -0.115. The van der Waals surface area contributed by atoms with Crippen LogP contribution in [0, 0.1) is 31.3 Å². The summed E-state index contributed by atoms with van der Waals surface area (Å²) in [5.41, 5.74) is 9.50. The van der Waals surface area contributed by atoms with E-state index in [0.717, 1.165) is 28.8 Å². The third-order valence-electron chi connectivity index (χ3n) is 4.59. The lowest BCUT2D eigenvalue weighted by Gasteiger charge is -2.10. The fraction of sp³-hybridized carbons (Fsp3) is 0.200. The number of nitrogens with two attached hydrogens (primary N) is 1. The predicted molar refractivity (Wildman–Crippen MR) is 100 cm³/mol. The smallest absolute Gasteiger partial charge is 0.230 e. The largest absolute Gasteiger partial charge is 0.399 e. The Balaban J connectivity index is 1.66. The number of anilines is 2. The number of amides is 1. The Bertz CT molecular complexity index is 1020. The van der Waals surface area contributed by atoms with Crippen LogP contribution in [0.1, 0.15) is 22.3 Å². The molecule has 3 N–H and O–H groups in total. The second-order valence-electron chi connectivity index (χ2n) is 6.56. The maximum Gasteiger partial charge on any atom is 0.230 e. The van der Waals surface area contributed by atoms with Crippen molar-refractivity contribution in [3.8, 4) is 0 Å². The zero-order valence-corrected chi connectivity index (χ0v) is 15.4. The molecule has 1 amide bonds. The highest BCUT2D eigenvalue weighted by Crippen LogP contribution is 2.20. The molecule has 2 aromatic carbocycles. The fourth-order valence-corrected chi connectivity index (χ4v) is 2.85. The van der Waals surface area contributed by atoms with E-state index in [4.69, 9.17) is 5.73 Å². The first-order valence-corrected chi connectivity index (χ1v) is 8.56. The van der Waals surface area contributed by atoms with Crippen LogP contribution in [0.5, 0.6) is 0 Å². The molecular weight excluding hydrogens is 369 g/mol. The molecule has 0 unspecified atom stereocenters. The van der Waals surface area contributed by atoms with Crippen molar-refractivity contribution in [3.63, 3.8) is 0 Å². The lowest BCUT2D eigenvalue weighted by Crippen LogP contribution is -2.16. The summed E-state index contributed by atoms with van der Waals surface area (Å²) in [6, 6.07) is 6.96. The van der Waals surface area contributed by atoms with Gasteiger partial charge in [0.25, 0.3) is 0 Å². The third-order valence-corrected chi connectivity index (χ3v) is 4.59. The van der Waals surface area contributed by atoms with E-state index in [1.54, 1.807) is 18.3 Å². The second kappa shape index (κ2) is 7.75. The molecule has 0 saturated heterocycles. The summed E-state index contributed by atoms with van der Waals surface area (Å²) >= 11 is 0. The molecule has 0 fully saturated rings. The Morgan fingerprint density at radius 3 is 2.46 bits per heavy atom. The zero-order valence-electron chi connectivity index (χ0n) is 15.4. The van der Waals surface area contributed by atoms with Gasteiger partial charge in [0, 0.05) is 18.0 Å². The van der Waals surface area contributed by atoms with Crippen molar-refractivity contribution < 1.29 is 18.0 Å². The molecule has 0 aliphatic heterocycles. The Morgan fingerprint density at radius 2 is 1.79 bits per heavy atom. The highest BCUT2D eigenvalue weighted by Gasteiger charge is 2.13. The molecule has 0 spiro atoms. The molecule has 0 aliphatic rings. The van der Waals surface area contributed by atoms with Gasteiger partial charge >= 0.3 is 0 Å². The van der Waals surface area contributed by atoms with E-state index in [1.807, 2.05) is 19.9 Å². The minimum absolute atomic E-state index is 0.0280. The zero-order chi connectivity index (χ0) is 20.4. The van der Waals surface area contributed by atoms with Crippen LogP contribution in [-0.2, 0) is 17.8 Å². The average molecular weight is 388 g/mol. The van der Waals surface area contributed by atoms with E-state index >= 15 is 0 Å². The number of rotatable bonds is 5. The molecule has 3 rings (SSSR count). The summed E-state index contributed by atoms with van der Waals surface area (Å²) in [6.45, 7) is 3.83. The van der Waals surface area contributed by atoms with E-state index in [9.17, 15) is 18.0 Å². The highest BCUT2D eigenvalue weighted by atomic mass is 19.2.